The lowest BCUT2D eigenvalue weighted by atomic mass is 10.2. The molecule has 2 aliphatic heterocycles. The molecule has 5 heteroatoms. The predicted molar refractivity (Wildman–Crippen MR) is 136 cm³/mol. The first-order valence-corrected chi connectivity index (χ1v) is 13.9. The molecule has 3 aromatic carbocycles. The molecule has 0 atom stereocenters. The molecule has 158 valence electrons. The molecular weight excluding hydrogens is 396 g/mol. The van der Waals surface area contributed by atoms with Crippen molar-refractivity contribution in [2.45, 2.75) is 13.1 Å². The third-order valence-electron chi connectivity index (χ3n) is 6.59. The second kappa shape index (κ2) is 7.50. The van der Waals surface area contributed by atoms with Crippen molar-refractivity contribution in [3.8, 4) is 0 Å². The van der Waals surface area contributed by atoms with Gasteiger partial charge in [-0.3, -0.25) is 0 Å². The lowest BCUT2D eigenvalue weighted by Gasteiger charge is -2.28. The Morgan fingerprint density at radius 3 is 2.00 bits per heavy atom. The van der Waals surface area contributed by atoms with Crippen molar-refractivity contribution in [3.63, 3.8) is 0 Å². The van der Waals surface area contributed by atoms with E-state index in [0.29, 0.717) is 0 Å². The van der Waals surface area contributed by atoms with Crippen LogP contribution in [0.25, 0.3) is 0 Å². The van der Waals surface area contributed by atoms with E-state index in [9.17, 15) is 0 Å². The third kappa shape index (κ3) is 3.49. The van der Waals surface area contributed by atoms with Gasteiger partial charge in [-0.25, -0.2) is 0 Å². The molecule has 0 unspecified atom stereocenters. The number of para-hydroxylation sites is 2. The van der Waals surface area contributed by atoms with Crippen LogP contribution in [0.1, 0.15) is 0 Å². The molecule has 0 saturated carbocycles. The topological polar surface area (TPSA) is 13.0 Å². The summed E-state index contributed by atoms with van der Waals surface area (Å²) < 4.78 is 0. The molecule has 2 heterocycles. The monoisotopic (exact) mass is 426 g/mol. The fourth-order valence-electron chi connectivity index (χ4n) is 4.60. The zero-order valence-corrected chi connectivity index (χ0v) is 19.8. The minimum Gasteiger partial charge on any atom is -0.361 e. The molecule has 3 aromatic rings. The van der Waals surface area contributed by atoms with Gasteiger partial charge in [0.15, 0.2) is 0 Å². The average molecular weight is 427 g/mol. The fourth-order valence-corrected chi connectivity index (χ4v) is 6.98. The van der Waals surface area contributed by atoms with Crippen LogP contribution >= 0.6 is 0 Å². The van der Waals surface area contributed by atoms with Crippen molar-refractivity contribution in [2.24, 2.45) is 0 Å². The number of anilines is 4. The van der Waals surface area contributed by atoms with Crippen LogP contribution in [0.2, 0.25) is 13.1 Å². The molecule has 0 N–H and O–H groups in total. The minimum absolute atomic E-state index is 0.884. The Hall–Kier alpha value is -3.18. The Kier molecular flexibility index (Phi) is 4.78. The van der Waals surface area contributed by atoms with Gasteiger partial charge >= 0.3 is 0 Å². The summed E-state index contributed by atoms with van der Waals surface area (Å²) in [7, 11) is 2.42. The lowest BCUT2D eigenvalue weighted by molar-refractivity contribution is 0.496. The maximum atomic E-state index is 2.46. The third-order valence-corrected chi connectivity index (χ3v) is 10.1. The highest BCUT2D eigenvalue weighted by Gasteiger charge is 2.29. The van der Waals surface area contributed by atoms with Gasteiger partial charge < -0.3 is 19.6 Å². The lowest BCUT2D eigenvalue weighted by Crippen LogP contribution is -2.53. The molecule has 5 rings (SSSR count). The molecule has 0 radical (unpaired) electrons. The van der Waals surface area contributed by atoms with Crippen molar-refractivity contribution in [3.05, 3.63) is 85.2 Å². The van der Waals surface area contributed by atoms with E-state index in [1.807, 2.05) is 0 Å². The van der Waals surface area contributed by atoms with Crippen molar-refractivity contribution in [1.29, 1.82) is 0 Å². The second-order valence-corrected chi connectivity index (χ2v) is 13.6. The Morgan fingerprint density at radius 1 is 0.677 bits per heavy atom. The van der Waals surface area contributed by atoms with E-state index in [4.69, 9.17) is 0 Å². The van der Waals surface area contributed by atoms with Gasteiger partial charge in [-0.1, -0.05) is 59.9 Å². The number of fused-ring (bicyclic) bond motifs is 1. The molecule has 2 aliphatic rings. The summed E-state index contributed by atoms with van der Waals surface area (Å²) in [5.41, 5.74) is 5.12. The summed E-state index contributed by atoms with van der Waals surface area (Å²) in [6.07, 6.45) is 4.29. The molecule has 0 aliphatic carbocycles. The number of hydrogen-bond donors (Lipinski definition) is 0. The summed E-state index contributed by atoms with van der Waals surface area (Å²) in [6.45, 7) is 6.71. The van der Waals surface area contributed by atoms with Crippen LogP contribution in [-0.4, -0.2) is 40.4 Å². The molecule has 4 nitrogen and oxygen atoms in total. The molecule has 0 amide bonds. The Balaban J connectivity index is 1.48. The zero-order chi connectivity index (χ0) is 21.6. The summed E-state index contributed by atoms with van der Waals surface area (Å²) in [4.78, 5) is 9.24. The maximum Gasteiger partial charge on any atom is 0.112 e. The average Bonchev–Trinajstić information content (AvgIpc) is 3.38. The van der Waals surface area contributed by atoms with Crippen molar-refractivity contribution in [2.75, 3.05) is 42.1 Å². The first kappa shape index (κ1) is 19.8. The number of nitrogens with zero attached hydrogens (tertiary/aromatic N) is 4. The highest BCUT2D eigenvalue weighted by Crippen LogP contribution is 2.39. The minimum atomic E-state index is -1.85. The summed E-state index contributed by atoms with van der Waals surface area (Å²) >= 11 is 0. The van der Waals surface area contributed by atoms with Gasteiger partial charge in [-0.2, -0.15) is 0 Å². The van der Waals surface area contributed by atoms with E-state index in [1.54, 1.807) is 0 Å². The highest BCUT2D eigenvalue weighted by molar-refractivity contribution is 7.00. The van der Waals surface area contributed by atoms with Crippen molar-refractivity contribution in [1.82, 2.24) is 4.90 Å². The van der Waals surface area contributed by atoms with Crippen LogP contribution in [0.5, 0.6) is 0 Å². The first-order valence-electron chi connectivity index (χ1n) is 10.9. The molecular formula is C26H30N4Si. The van der Waals surface area contributed by atoms with Gasteiger partial charge in [0.25, 0.3) is 0 Å². The Bertz CT molecular complexity index is 1140. The van der Waals surface area contributed by atoms with E-state index < -0.39 is 8.07 Å². The van der Waals surface area contributed by atoms with Crippen LogP contribution in [0.4, 0.5) is 22.7 Å². The molecule has 0 spiro atoms. The van der Waals surface area contributed by atoms with Crippen LogP contribution in [0.3, 0.4) is 0 Å². The van der Waals surface area contributed by atoms with Gasteiger partial charge in [0.05, 0.1) is 24.7 Å². The van der Waals surface area contributed by atoms with Crippen molar-refractivity contribution < 1.29 is 0 Å². The van der Waals surface area contributed by atoms with E-state index in [1.165, 1.54) is 33.1 Å². The largest absolute Gasteiger partial charge is 0.361 e. The molecule has 0 saturated heterocycles. The predicted octanol–water partition coefficient (Wildman–Crippen LogP) is 4.24. The normalized spacial score (nSPS) is 15.7. The van der Waals surface area contributed by atoms with E-state index in [-0.39, 0.29) is 0 Å². The highest BCUT2D eigenvalue weighted by atomic mass is 28.3. The van der Waals surface area contributed by atoms with Gasteiger partial charge in [0, 0.05) is 37.9 Å². The van der Waals surface area contributed by atoms with Crippen LogP contribution in [0.15, 0.2) is 85.2 Å². The molecule has 0 bridgehead atoms. The Labute approximate surface area is 186 Å². The number of hydrogen-bond acceptors (Lipinski definition) is 4. The van der Waals surface area contributed by atoms with Crippen molar-refractivity contribution >= 4 is 41.2 Å². The maximum absolute atomic E-state index is 2.46. The van der Waals surface area contributed by atoms with E-state index in [0.717, 1.165) is 13.3 Å². The number of benzene rings is 3. The van der Waals surface area contributed by atoms with Crippen LogP contribution in [-0.2, 0) is 0 Å². The van der Waals surface area contributed by atoms with E-state index in [2.05, 4.69) is 132 Å². The van der Waals surface area contributed by atoms with Gasteiger partial charge in [0.2, 0.25) is 0 Å². The first-order chi connectivity index (χ1) is 14.9. The number of rotatable bonds is 4. The van der Waals surface area contributed by atoms with Gasteiger partial charge in [0.1, 0.15) is 8.07 Å². The quantitative estimate of drug-likeness (QED) is 0.579. The smallest absolute Gasteiger partial charge is 0.112 e. The van der Waals surface area contributed by atoms with E-state index >= 15 is 0 Å². The van der Waals surface area contributed by atoms with Crippen LogP contribution in [0, 0.1) is 0 Å². The summed E-state index contributed by atoms with van der Waals surface area (Å²) in [5.74, 6) is 0. The second-order valence-electron chi connectivity index (χ2n) is 9.15. The van der Waals surface area contributed by atoms with Gasteiger partial charge in [-0.15, -0.1) is 0 Å². The molecule has 0 aromatic heterocycles. The van der Waals surface area contributed by atoms with Gasteiger partial charge in [-0.05, 0) is 36.4 Å². The summed E-state index contributed by atoms with van der Waals surface area (Å²) in [5, 5.41) is 2.92. The summed E-state index contributed by atoms with van der Waals surface area (Å²) in [6, 6.07) is 27.0. The SMILES string of the molecule is CN1C=CN(c2cccc([Si](C)(C)c3cccc(N4CN(C)c5ccccc54)c3)c2)C1. The Morgan fingerprint density at radius 2 is 1.32 bits per heavy atom. The molecule has 31 heavy (non-hydrogen) atoms. The standard InChI is InChI=1S/C26H30N4Si/c1-27-15-16-29(19-27)21-9-7-11-23(17-21)31(3,4)24-12-8-10-22(18-24)30-20-28(2)25-13-5-6-14-26(25)30/h5-18H,19-20H2,1-4H3. The van der Waals surface area contributed by atoms with Crippen LogP contribution < -0.4 is 25.1 Å². The fraction of sp³-hybridized carbons (Fsp3) is 0.231. The molecule has 0 fully saturated rings. The zero-order valence-electron chi connectivity index (χ0n) is 18.8.